The van der Waals surface area contributed by atoms with Gasteiger partial charge in [0.05, 0.1) is 14.2 Å². The lowest BCUT2D eigenvalue weighted by atomic mass is 9.94. The molecule has 2 heteroatoms. The average molecular weight is 349 g/mol. The molecule has 0 radical (unpaired) electrons. The topological polar surface area (TPSA) is 9.23 Å². The molecule has 0 spiro atoms. The summed E-state index contributed by atoms with van der Waals surface area (Å²) in [5, 5.41) is 0.193. The Labute approximate surface area is 152 Å². The molecule has 1 aromatic rings. The van der Waals surface area contributed by atoms with Gasteiger partial charge >= 0.3 is 0 Å². The van der Waals surface area contributed by atoms with Gasteiger partial charge < -0.3 is 4.74 Å². The molecule has 0 aliphatic rings. The van der Waals surface area contributed by atoms with E-state index in [2.05, 4.69) is 85.4 Å². The van der Waals surface area contributed by atoms with Crippen molar-refractivity contribution in [1.29, 1.82) is 0 Å². The van der Waals surface area contributed by atoms with Gasteiger partial charge in [0, 0.05) is 6.61 Å². The lowest BCUT2D eigenvalue weighted by molar-refractivity contribution is 0.00924. The van der Waals surface area contributed by atoms with E-state index in [0.717, 1.165) is 18.9 Å². The second-order valence-electron chi connectivity index (χ2n) is 9.76. The van der Waals surface area contributed by atoms with Crippen molar-refractivity contribution in [3.63, 3.8) is 0 Å². The smallest absolute Gasteiger partial charge is 0.0852 e. The first-order chi connectivity index (χ1) is 10.9. The molecule has 0 bridgehead atoms. The first-order valence-corrected chi connectivity index (χ1v) is 13.2. The summed E-state index contributed by atoms with van der Waals surface area (Å²) in [4.78, 5) is 0. The van der Waals surface area contributed by atoms with Gasteiger partial charge in [-0.2, -0.15) is 0 Å². The summed E-state index contributed by atoms with van der Waals surface area (Å²) in [5.74, 6) is 1.31. The van der Waals surface area contributed by atoms with Crippen LogP contribution in [0.15, 0.2) is 24.3 Å². The normalized spacial score (nSPS) is 14.5. The van der Waals surface area contributed by atoms with Crippen molar-refractivity contribution < 1.29 is 4.74 Å². The van der Waals surface area contributed by atoms with E-state index in [4.69, 9.17) is 4.74 Å². The minimum absolute atomic E-state index is 0.186. The molecule has 0 aliphatic heterocycles. The minimum atomic E-state index is -1.38. The van der Waals surface area contributed by atoms with Crippen LogP contribution < -0.4 is 0 Å². The Morgan fingerprint density at radius 2 is 1.62 bits per heavy atom. The molecule has 0 amide bonds. The number of hydrogen-bond donors (Lipinski definition) is 0. The van der Waals surface area contributed by atoms with Crippen LogP contribution in [0.4, 0.5) is 0 Å². The zero-order valence-electron chi connectivity index (χ0n) is 17.6. The van der Waals surface area contributed by atoms with E-state index in [1.165, 1.54) is 17.5 Å². The van der Waals surface area contributed by atoms with Crippen molar-refractivity contribution in [3.8, 4) is 0 Å². The Balaban J connectivity index is 3.12. The van der Waals surface area contributed by atoms with E-state index in [1.54, 1.807) is 0 Å². The van der Waals surface area contributed by atoms with E-state index in [0.29, 0.717) is 5.92 Å². The lowest BCUT2D eigenvalue weighted by Gasteiger charge is -2.44. The summed E-state index contributed by atoms with van der Waals surface area (Å²) in [5.41, 5.74) is 2.81. The highest BCUT2D eigenvalue weighted by molar-refractivity contribution is 6.79. The van der Waals surface area contributed by atoms with Crippen molar-refractivity contribution in [2.45, 2.75) is 85.2 Å². The first-order valence-electron chi connectivity index (χ1n) is 9.65. The van der Waals surface area contributed by atoms with Crippen LogP contribution in [0.3, 0.4) is 0 Å². The van der Waals surface area contributed by atoms with Crippen molar-refractivity contribution >= 4 is 8.07 Å². The second kappa shape index (κ2) is 8.67. The third-order valence-electron chi connectivity index (χ3n) is 5.45. The number of rotatable bonds is 9. The van der Waals surface area contributed by atoms with E-state index >= 15 is 0 Å². The summed E-state index contributed by atoms with van der Waals surface area (Å²) >= 11 is 0. The highest BCUT2D eigenvalue weighted by atomic mass is 28.3. The lowest BCUT2D eigenvalue weighted by Crippen LogP contribution is -2.41. The maximum Gasteiger partial charge on any atom is 0.0852 e. The highest BCUT2D eigenvalue weighted by Gasteiger charge is 2.43. The molecule has 0 aromatic heterocycles. The van der Waals surface area contributed by atoms with E-state index in [1.807, 2.05) is 0 Å². The molecule has 0 aliphatic carbocycles. The largest absolute Gasteiger partial charge is 0.373 e. The zero-order valence-corrected chi connectivity index (χ0v) is 18.6. The van der Waals surface area contributed by atoms with Gasteiger partial charge in [0.15, 0.2) is 0 Å². The fraction of sp³-hybridized carbons (Fsp3) is 0.727. The summed E-state index contributed by atoms with van der Waals surface area (Å²) in [7, 11) is -1.38. The zero-order chi connectivity index (χ0) is 18.5. The molecule has 1 aromatic carbocycles. The van der Waals surface area contributed by atoms with Crippen molar-refractivity contribution in [1.82, 2.24) is 0 Å². The molecule has 1 unspecified atom stereocenters. The quantitative estimate of drug-likeness (QED) is 0.432. The maximum absolute atomic E-state index is 6.50. The Morgan fingerprint density at radius 3 is 2.12 bits per heavy atom. The van der Waals surface area contributed by atoms with Gasteiger partial charge in [-0.1, -0.05) is 85.4 Å². The summed E-state index contributed by atoms with van der Waals surface area (Å²) in [6, 6.07) is 9.16. The van der Waals surface area contributed by atoms with Gasteiger partial charge in [-0.05, 0) is 40.8 Å². The highest BCUT2D eigenvalue weighted by Crippen LogP contribution is 2.50. The van der Waals surface area contributed by atoms with Crippen LogP contribution >= 0.6 is 0 Å². The standard InChI is InChI=1S/C22H40OSi/c1-17(2)13-14-19-11-10-12-20(15-19)21(23-16-18(3)4)22(5,6)24(7,8)9/h10-12,15,17-18,21H,13-14,16H2,1-9H3. The van der Waals surface area contributed by atoms with Gasteiger partial charge in [0.2, 0.25) is 0 Å². The Morgan fingerprint density at radius 1 is 1.00 bits per heavy atom. The van der Waals surface area contributed by atoms with E-state index in [-0.39, 0.29) is 11.1 Å². The predicted octanol–water partition coefficient (Wildman–Crippen LogP) is 7.11. The second-order valence-corrected chi connectivity index (χ2v) is 15.5. The van der Waals surface area contributed by atoms with Gasteiger partial charge in [0.1, 0.15) is 0 Å². The Kier molecular flexibility index (Phi) is 7.74. The van der Waals surface area contributed by atoms with Crippen LogP contribution in [0.1, 0.15) is 65.2 Å². The summed E-state index contributed by atoms with van der Waals surface area (Å²) in [6.45, 7) is 22.1. The number of ether oxygens (including phenoxy) is 1. The Hall–Kier alpha value is -0.603. The van der Waals surface area contributed by atoms with Crippen LogP contribution in [-0.2, 0) is 11.2 Å². The first kappa shape index (κ1) is 21.4. The van der Waals surface area contributed by atoms with Crippen LogP contribution in [0.2, 0.25) is 24.7 Å². The Bertz CT molecular complexity index is 497. The molecule has 24 heavy (non-hydrogen) atoms. The molecule has 1 nitrogen and oxygen atoms in total. The average Bonchev–Trinajstić information content (AvgIpc) is 2.44. The molecule has 0 N–H and O–H groups in total. The minimum Gasteiger partial charge on any atom is -0.373 e. The van der Waals surface area contributed by atoms with E-state index < -0.39 is 8.07 Å². The molecule has 1 rings (SSSR count). The van der Waals surface area contributed by atoms with Crippen molar-refractivity contribution in [2.75, 3.05) is 6.61 Å². The fourth-order valence-electron chi connectivity index (χ4n) is 2.77. The van der Waals surface area contributed by atoms with Gasteiger partial charge in [-0.25, -0.2) is 0 Å². The molecular formula is C22H40OSi. The molecule has 0 saturated carbocycles. The SMILES string of the molecule is CC(C)CCc1cccc(C(OCC(C)C)C(C)(C)[Si](C)(C)C)c1. The summed E-state index contributed by atoms with van der Waals surface area (Å²) < 4.78 is 6.50. The van der Waals surface area contributed by atoms with Crippen molar-refractivity contribution in [3.05, 3.63) is 35.4 Å². The molecule has 0 fully saturated rings. The third kappa shape index (κ3) is 6.04. The number of hydrogen-bond acceptors (Lipinski definition) is 1. The summed E-state index contributed by atoms with van der Waals surface area (Å²) in [6.07, 6.45) is 2.60. The monoisotopic (exact) mass is 348 g/mol. The molecule has 0 heterocycles. The van der Waals surface area contributed by atoms with E-state index in [9.17, 15) is 0 Å². The van der Waals surface area contributed by atoms with Crippen LogP contribution in [-0.4, -0.2) is 14.7 Å². The fourth-order valence-corrected chi connectivity index (χ4v) is 3.81. The third-order valence-corrected chi connectivity index (χ3v) is 9.58. The van der Waals surface area contributed by atoms with Gasteiger partial charge in [-0.15, -0.1) is 0 Å². The number of aryl methyl sites for hydroxylation is 1. The van der Waals surface area contributed by atoms with Gasteiger partial charge in [-0.3, -0.25) is 0 Å². The molecule has 0 saturated heterocycles. The molecule has 1 atom stereocenters. The molecular weight excluding hydrogens is 308 g/mol. The van der Waals surface area contributed by atoms with Crippen molar-refractivity contribution in [2.24, 2.45) is 11.8 Å². The van der Waals surface area contributed by atoms with Crippen LogP contribution in [0, 0.1) is 11.8 Å². The van der Waals surface area contributed by atoms with Gasteiger partial charge in [0.25, 0.3) is 0 Å². The number of benzene rings is 1. The van der Waals surface area contributed by atoms with Crippen LogP contribution in [0.5, 0.6) is 0 Å². The molecule has 138 valence electrons. The maximum atomic E-state index is 6.50. The van der Waals surface area contributed by atoms with Crippen LogP contribution in [0.25, 0.3) is 0 Å². The predicted molar refractivity (Wildman–Crippen MR) is 111 cm³/mol.